The van der Waals surface area contributed by atoms with Gasteiger partial charge in [-0.05, 0) is 31.5 Å². The quantitative estimate of drug-likeness (QED) is 0.801. The van der Waals surface area contributed by atoms with Crippen LogP contribution in [0.25, 0.3) is 0 Å². The van der Waals surface area contributed by atoms with Crippen molar-refractivity contribution in [3.63, 3.8) is 0 Å². The van der Waals surface area contributed by atoms with E-state index in [0.717, 1.165) is 31.7 Å². The summed E-state index contributed by atoms with van der Waals surface area (Å²) in [6.45, 7) is 8.20. The van der Waals surface area contributed by atoms with Crippen LogP contribution in [0, 0.1) is 12.7 Å². The fraction of sp³-hybridized carbons (Fsp3) is 0.474. The smallest absolute Gasteiger partial charge is 0.277 e. The van der Waals surface area contributed by atoms with Crippen LogP contribution < -0.4 is 5.32 Å². The van der Waals surface area contributed by atoms with Gasteiger partial charge in [-0.1, -0.05) is 6.07 Å². The lowest BCUT2D eigenvalue weighted by Crippen LogP contribution is -2.47. The number of hydrogen-bond donors (Lipinski definition) is 2. The average Bonchev–Trinajstić information content (AvgIpc) is 3.08. The third-order valence-electron chi connectivity index (χ3n) is 4.50. The van der Waals surface area contributed by atoms with Gasteiger partial charge in [0.1, 0.15) is 12.1 Å². The number of carbonyl (C=O) groups excluding carboxylic acids is 1. The first-order valence-corrected chi connectivity index (χ1v) is 9.05. The molecule has 0 saturated carbocycles. The van der Waals surface area contributed by atoms with E-state index in [1.165, 1.54) is 12.3 Å². The van der Waals surface area contributed by atoms with Gasteiger partial charge in [-0.3, -0.25) is 14.6 Å². The Kier molecular flexibility index (Phi) is 6.20. The Bertz CT molecular complexity index is 785. The largest absolute Gasteiger partial charge is 0.447 e. The summed E-state index contributed by atoms with van der Waals surface area (Å²) in [6.07, 6.45) is 0.963. The third-order valence-corrected chi connectivity index (χ3v) is 4.50. The van der Waals surface area contributed by atoms with Crippen LogP contribution in [0.15, 0.2) is 28.9 Å². The molecule has 146 valence electrons. The number of anilines is 1. The first kappa shape index (κ1) is 19.5. The summed E-state index contributed by atoms with van der Waals surface area (Å²) < 4.78 is 19.2. The minimum atomic E-state index is -0.503. The van der Waals surface area contributed by atoms with Gasteiger partial charge in [0.2, 0.25) is 5.89 Å². The molecule has 1 atom stereocenters. The molecule has 0 bridgehead atoms. The van der Waals surface area contributed by atoms with Gasteiger partial charge in [0.05, 0.1) is 18.3 Å². The fourth-order valence-corrected chi connectivity index (χ4v) is 3.10. The summed E-state index contributed by atoms with van der Waals surface area (Å²) in [5.74, 6) is -0.544. The minimum Gasteiger partial charge on any atom is -0.447 e. The van der Waals surface area contributed by atoms with E-state index in [2.05, 4.69) is 20.1 Å². The lowest BCUT2D eigenvalue weighted by molar-refractivity contribution is 0.0747. The molecule has 0 unspecified atom stereocenters. The number of aliphatic hydroxyl groups is 1. The molecule has 27 heavy (non-hydrogen) atoms. The molecular weight excluding hydrogens is 351 g/mol. The molecule has 7 nitrogen and oxygen atoms in total. The van der Waals surface area contributed by atoms with Gasteiger partial charge in [0.15, 0.2) is 5.69 Å². The van der Waals surface area contributed by atoms with Crippen LogP contribution in [0.1, 0.15) is 28.9 Å². The van der Waals surface area contributed by atoms with Gasteiger partial charge in [0, 0.05) is 32.7 Å². The Morgan fingerprint density at radius 2 is 2.04 bits per heavy atom. The summed E-state index contributed by atoms with van der Waals surface area (Å²) in [5.41, 5.74) is 1.10. The van der Waals surface area contributed by atoms with E-state index in [1.807, 2.05) is 6.92 Å². The van der Waals surface area contributed by atoms with Crippen molar-refractivity contribution in [3.05, 3.63) is 47.4 Å². The molecule has 0 aliphatic carbocycles. The number of oxazole rings is 1. The molecule has 8 heteroatoms. The predicted molar refractivity (Wildman–Crippen MR) is 99.0 cm³/mol. The van der Waals surface area contributed by atoms with Crippen molar-refractivity contribution in [1.29, 1.82) is 0 Å². The first-order valence-electron chi connectivity index (χ1n) is 9.05. The standard InChI is InChI=1S/C19H25FN4O3/c1-13-3-4-15(20)16(9-13)22-19(26)17-12-27-18(21-17)11-24-7-5-23(6-8-24)10-14(2)25/h3-4,9,12,14,25H,5-8,10-11H2,1-2H3,(H,22,26)/t14-/m0/s1. The van der Waals surface area contributed by atoms with Crippen LogP contribution in [-0.4, -0.2) is 64.6 Å². The molecule has 0 spiro atoms. The maximum Gasteiger partial charge on any atom is 0.277 e. The second kappa shape index (κ2) is 8.60. The van der Waals surface area contributed by atoms with Crippen LogP contribution in [0.4, 0.5) is 10.1 Å². The Balaban J connectivity index is 1.54. The monoisotopic (exact) mass is 376 g/mol. The molecule has 1 fully saturated rings. The Morgan fingerprint density at radius 3 is 2.74 bits per heavy atom. The highest BCUT2D eigenvalue weighted by atomic mass is 19.1. The predicted octanol–water partition coefficient (Wildman–Crippen LogP) is 1.87. The third kappa shape index (κ3) is 5.35. The zero-order chi connectivity index (χ0) is 19.4. The number of piperazine rings is 1. The zero-order valence-corrected chi connectivity index (χ0v) is 15.6. The molecule has 1 aliphatic heterocycles. The number of β-amino-alcohol motifs (C(OH)–C–C–N with tert-alkyl or cyclic N) is 1. The van der Waals surface area contributed by atoms with Gasteiger partial charge in [-0.15, -0.1) is 0 Å². The van der Waals surface area contributed by atoms with Crippen molar-refractivity contribution in [2.24, 2.45) is 0 Å². The van der Waals surface area contributed by atoms with E-state index < -0.39 is 11.7 Å². The average molecular weight is 376 g/mol. The van der Waals surface area contributed by atoms with Crippen LogP contribution in [0.3, 0.4) is 0 Å². The van der Waals surface area contributed by atoms with Crippen LogP contribution in [-0.2, 0) is 6.54 Å². The van der Waals surface area contributed by atoms with E-state index in [4.69, 9.17) is 4.42 Å². The number of carbonyl (C=O) groups is 1. The molecular formula is C19H25FN4O3. The highest BCUT2D eigenvalue weighted by Crippen LogP contribution is 2.17. The second-order valence-corrected chi connectivity index (χ2v) is 6.99. The number of rotatable bonds is 6. The Labute approximate surface area is 157 Å². The molecule has 2 heterocycles. The van der Waals surface area contributed by atoms with Gasteiger partial charge in [-0.25, -0.2) is 9.37 Å². The first-order chi connectivity index (χ1) is 12.9. The van der Waals surface area contributed by atoms with Gasteiger partial charge in [-0.2, -0.15) is 0 Å². The number of halogens is 1. The molecule has 1 aromatic heterocycles. The van der Waals surface area contributed by atoms with E-state index in [1.54, 1.807) is 19.1 Å². The molecule has 1 aliphatic rings. The number of aliphatic hydroxyl groups excluding tert-OH is 1. The summed E-state index contributed by atoms with van der Waals surface area (Å²) in [7, 11) is 0. The fourth-order valence-electron chi connectivity index (χ4n) is 3.10. The highest BCUT2D eigenvalue weighted by molar-refractivity contribution is 6.02. The molecule has 1 aromatic carbocycles. The van der Waals surface area contributed by atoms with Crippen molar-refractivity contribution < 1.29 is 18.7 Å². The highest BCUT2D eigenvalue weighted by Gasteiger charge is 2.20. The van der Waals surface area contributed by atoms with Crippen molar-refractivity contribution >= 4 is 11.6 Å². The SMILES string of the molecule is Cc1ccc(F)c(NC(=O)c2coc(CN3CCN(C[C@H](C)O)CC3)n2)c1. The van der Waals surface area contributed by atoms with Gasteiger partial charge < -0.3 is 14.8 Å². The maximum absolute atomic E-state index is 13.8. The second-order valence-electron chi connectivity index (χ2n) is 6.99. The van der Waals surface area contributed by atoms with Crippen molar-refractivity contribution in [1.82, 2.24) is 14.8 Å². The number of amides is 1. The molecule has 1 amide bonds. The lowest BCUT2D eigenvalue weighted by atomic mass is 10.2. The van der Waals surface area contributed by atoms with Crippen molar-refractivity contribution in [3.8, 4) is 0 Å². The molecule has 2 N–H and O–H groups in total. The number of aryl methyl sites for hydroxylation is 1. The molecule has 3 rings (SSSR count). The Hall–Kier alpha value is -2.29. The summed E-state index contributed by atoms with van der Waals surface area (Å²) >= 11 is 0. The summed E-state index contributed by atoms with van der Waals surface area (Å²) in [6, 6.07) is 4.53. The number of nitrogens with zero attached hydrogens (tertiary/aromatic N) is 3. The molecule has 0 radical (unpaired) electrons. The number of nitrogens with one attached hydrogen (secondary N) is 1. The molecule has 1 saturated heterocycles. The van der Waals surface area contributed by atoms with Crippen LogP contribution >= 0.6 is 0 Å². The number of benzene rings is 1. The van der Waals surface area contributed by atoms with E-state index in [9.17, 15) is 14.3 Å². The summed E-state index contributed by atoms with van der Waals surface area (Å²) in [4.78, 5) is 20.9. The topological polar surface area (TPSA) is 81.8 Å². The summed E-state index contributed by atoms with van der Waals surface area (Å²) in [5, 5.41) is 12.0. The number of hydrogen-bond acceptors (Lipinski definition) is 6. The normalized spacial score (nSPS) is 17.0. The van der Waals surface area contributed by atoms with Crippen LogP contribution in [0.2, 0.25) is 0 Å². The zero-order valence-electron chi connectivity index (χ0n) is 15.6. The van der Waals surface area contributed by atoms with Crippen molar-refractivity contribution in [2.75, 3.05) is 38.0 Å². The van der Waals surface area contributed by atoms with E-state index in [0.29, 0.717) is 19.0 Å². The van der Waals surface area contributed by atoms with Gasteiger partial charge >= 0.3 is 0 Å². The minimum absolute atomic E-state index is 0.124. The molecule has 2 aromatic rings. The van der Waals surface area contributed by atoms with Crippen molar-refractivity contribution in [2.45, 2.75) is 26.5 Å². The lowest BCUT2D eigenvalue weighted by Gasteiger charge is -2.34. The van der Waals surface area contributed by atoms with Gasteiger partial charge in [0.25, 0.3) is 5.91 Å². The Morgan fingerprint density at radius 1 is 1.33 bits per heavy atom. The van der Waals surface area contributed by atoms with E-state index >= 15 is 0 Å². The number of aromatic nitrogens is 1. The maximum atomic E-state index is 13.8. The van der Waals surface area contributed by atoms with Crippen LogP contribution in [0.5, 0.6) is 0 Å². The van der Waals surface area contributed by atoms with E-state index in [-0.39, 0.29) is 17.5 Å².